The molecule has 0 unspecified atom stereocenters. The molecule has 0 aliphatic carbocycles. The van der Waals surface area contributed by atoms with Gasteiger partial charge in [-0.05, 0) is 114 Å². The highest BCUT2D eigenvalue weighted by molar-refractivity contribution is 7.91. The third-order valence-corrected chi connectivity index (χ3v) is 11.2. The highest BCUT2D eigenvalue weighted by Crippen LogP contribution is 2.31. The van der Waals surface area contributed by atoms with Gasteiger partial charge in [-0.15, -0.1) is 0 Å². The highest BCUT2D eigenvalue weighted by Gasteiger charge is 2.19. The number of ether oxygens (including phenoxy) is 2. The minimum absolute atomic E-state index is 0.146. The molecule has 0 saturated carbocycles. The van der Waals surface area contributed by atoms with E-state index in [-0.39, 0.29) is 19.6 Å². The number of aryl methyl sites for hydroxylation is 1. The number of benzene rings is 6. The monoisotopic (exact) mass is 646 g/mol. The second-order valence-corrected chi connectivity index (χ2v) is 14.6. The van der Waals surface area contributed by atoms with Crippen LogP contribution in [0.3, 0.4) is 0 Å². The van der Waals surface area contributed by atoms with Crippen LogP contribution in [-0.4, -0.2) is 23.9 Å². The number of hydrogen-bond acceptors (Lipinski definition) is 6. The molecule has 0 N–H and O–H groups in total. The Morgan fingerprint density at radius 3 is 0.978 bits per heavy atom. The molecule has 6 aromatic rings. The van der Waals surface area contributed by atoms with E-state index in [9.17, 15) is 16.8 Å². The minimum Gasteiger partial charge on any atom is -0.497 e. The van der Waals surface area contributed by atoms with Crippen molar-refractivity contribution in [3.63, 3.8) is 0 Å². The van der Waals surface area contributed by atoms with E-state index in [0.717, 1.165) is 33.6 Å². The molecule has 0 saturated heterocycles. The van der Waals surface area contributed by atoms with Gasteiger partial charge in [-0.1, -0.05) is 66.2 Å². The fourth-order valence-corrected chi connectivity index (χ4v) is 7.49. The molecule has 0 bridgehead atoms. The molecular formula is C38H30O6S2. The third-order valence-electron chi connectivity index (χ3n) is 7.64. The minimum atomic E-state index is -3.77. The molecule has 6 aromatic carbocycles. The molecule has 6 rings (SSSR count). The number of methoxy groups -OCH3 is 1. The predicted octanol–water partition coefficient (Wildman–Crippen LogP) is 8.80. The highest BCUT2D eigenvalue weighted by atomic mass is 32.2. The van der Waals surface area contributed by atoms with Gasteiger partial charge < -0.3 is 9.47 Å². The summed E-state index contributed by atoms with van der Waals surface area (Å²) in [4.78, 5) is 0.724. The zero-order valence-electron chi connectivity index (χ0n) is 25.1. The van der Waals surface area contributed by atoms with Gasteiger partial charge in [-0.25, -0.2) is 16.8 Å². The Bertz CT molecular complexity index is 2170. The van der Waals surface area contributed by atoms with Crippen LogP contribution in [0.2, 0.25) is 0 Å². The Labute approximate surface area is 269 Å². The predicted molar refractivity (Wildman–Crippen MR) is 179 cm³/mol. The summed E-state index contributed by atoms with van der Waals surface area (Å²) in [5.41, 5.74) is 4.60. The summed E-state index contributed by atoms with van der Waals surface area (Å²) in [6.07, 6.45) is 0. The quantitative estimate of drug-likeness (QED) is 0.156. The van der Waals surface area contributed by atoms with Crippen LogP contribution in [0.4, 0.5) is 0 Å². The Morgan fingerprint density at radius 2 is 0.630 bits per heavy atom. The first-order valence-electron chi connectivity index (χ1n) is 14.4. The van der Waals surface area contributed by atoms with Gasteiger partial charge >= 0.3 is 0 Å². The van der Waals surface area contributed by atoms with E-state index in [2.05, 4.69) is 0 Å². The van der Waals surface area contributed by atoms with Gasteiger partial charge in [0, 0.05) is 0 Å². The second-order valence-electron chi connectivity index (χ2n) is 10.7. The van der Waals surface area contributed by atoms with E-state index in [4.69, 9.17) is 9.47 Å². The van der Waals surface area contributed by atoms with Gasteiger partial charge in [-0.3, -0.25) is 0 Å². The average molecular weight is 647 g/mol. The van der Waals surface area contributed by atoms with Crippen LogP contribution in [0.15, 0.2) is 165 Å². The lowest BCUT2D eigenvalue weighted by molar-refractivity contribution is 0.415. The van der Waals surface area contributed by atoms with Gasteiger partial charge in [0.15, 0.2) is 0 Å². The van der Waals surface area contributed by atoms with E-state index in [1.807, 2.05) is 55.5 Å². The van der Waals surface area contributed by atoms with E-state index < -0.39 is 19.7 Å². The fraction of sp³-hybridized carbons (Fsp3) is 0.0526. The van der Waals surface area contributed by atoms with Gasteiger partial charge in [0.1, 0.15) is 17.2 Å². The van der Waals surface area contributed by atoms with Gasteiger partial charge in [0.05, 0.1) is 26.7 Å². The smallest absolute Gasteiger partial charge is 0.206 e. The standard InChI is InChI=1S/C38H30O6S2/c1-27-3-19-35(20-4-27)45(39,40)36-21-9-30(10-22-36)31-11-23-37(24-12-31)46(41,42)38-25-17-34(18-26-38)44-33-15-7-29(8-16-33)28-5-13-32(43-2)14-6-28/h3-26H,1-2H3. The summed E-state index contributed by atoms with van der Waals surface area (Å²) in [5, 5.41) is 0. The fourth-order valence-electron chi connectivity index (χ4n) is 4.96. The Kier molecular flexibility index (Phi) is 8.49. The van der Waals surface area contributed by atoms with Crippen molar-refractivity contribution in [1.29, 1.82) is 0 Å². The number of rotatable bonds is 9. The first kappa shape index (κ1) is 30.8. The molecule has 0 aliphatic heterocycles. The molecule has 0 fully saturated rings. The molecule has 0 radical (unpaired) electrons. The van der Waals surface area contributed by atoms with Crippen molar-refractivity contribution in [3.8, 4) is 39.5 Å². The molecule has 8 heteroatoms. The summed E-state index contributed by atoms with van der Waals surface area (Å²) in [5.74, 6) is 1.94. The van der Waals surface area contributed by atoms with Crippen LogP contribution in [0.25, 0.3) is 22.3 Å². The first-order chi connectivity index (χ1) is 22.1. The van der Waals surface area contributed by atoms with Gasteiger partial charge in [-0.2, -0.15) is 0 Å². The average Bonchev–Trinajstić information content (AvgIpc) is 3.09. The van der Waals surface area contributed by atoms with E-state index >= 15 is 0 Å². The van der Waals surface area contributed by atoms with E-state index in [1.165, 1.54) is 12.1 Å². The van der Waals surface area contributed by atoms with Crippen LogP contribution in [0.1, 0.15) is 5.56 Å². The Hall–Kier alpha value is -5.18. The normalized spacial score (nSPS) is 11.6. The summed E-state index contributed by atoms with van der Waals surface area (Å²) in [6.45, 7) is 1.90. The van der Waals surface area contributed by atoms with Crippen LogP contribution in [0.5, 0.6) is 17.2 Å². The Balaban J connectivity index is 1.12. The van der Waals surface area contributed by atoms with Crippen LogP contribution in [0, 0.1) is 6.92 Å². The molecular weight excluding hydrogens is 617 g/mol. The molecule has 0 spiro atoms. The lowest BCUT2D eigenvalue weighted by atomic mass is 10.1. The van der Waals surface area contributed by atoms with Crippen molar-refractivity contribution in [1.82, 2.24) is 0 Å². The maximum atomic E-state index is 13.4. The molecule has 230 valence electrons. The first-order valence-corrected chi connectivity index (χ1v) is 17.4. The number of hydrogen-bond donors (Lipinski definition) is 0. The summed E-state index contributed by atoms with van der Waals surface area (Å²) in [6, 6.07) is 41.6. The van der Waals surface area contributed by atoms with Crippen molar-refractivity contribution >= 4 is 19.7 Å². The van der Waals surface area contributed by atoms with Crippen molar-refractivity contribution in [2.24, 2.45) is 0 Å². The van der Waals surface area contributed by atoms with Crippen molar-refractivity contribution in [2.45, 2.75) is 26.5 Å². The molecule has 6 nitrogen and oxygen atoms in total. The maximum absolute atomic E-state index is 13.4. The molecule has 0 atom stereocenters. The van der Waals surface area contributed by atoms with Gasteiger partial charge in [0.2, 0.25) is 19.7 Å². The SMILES string of the molecule is COc1ccc(-c2ccc(Oc3ccc(S(=O)(=O)c4ccc(-c5ccc(S(=O)(=O)c6ccc(C)cc6)cc5)cc4)cc3)cc2)cc1. The lowest BCUT2D eigenvalue weighted by Gasteiger charge is -2.10. The molecule has 0 aliphatic rings. The number of sulfone groups is 2. The largest absolute Gasteiger partial charge is 0.497 e. The molecule has 0 amide bonds. The molecule has 46 heavy (non-hydrogen) atoms. The lowest BCUT2D eigenvalue weighted by Crippen LogP contribution is -2.02. The maximum Gasteiger partial charge on any atom is 0.206 e. The second kappa shape index (κ2) is 12.7. The molecule has 0 heterocycles. The zero-order valence-corrected chi connectivity index (χ0v) is 26.8. The summed E-state index contributed by atoms with van der Waals surface area (Å²) < 4.78 is 63.9. The zero-order chi connectivity index (χ0) is 32.3. The van der Waals surface area contributed by atoms with E-state index in [1.54, 1.807) is 92.0 Å². The summed E-state index contributed by atoms with van der Waals surface area (Å²) >= 11 is 0. The topological polar surface area (TPSA) is 86.7 Å². The van der Waals surface area contributed by atoms with Gasteiger partial charge in [0.25, 0.3) is 0 Å². The Morgan fingerprint density at radius 1 is 0.370 bits per heavy atom. The van der Waals surface area contributed by atoms with Crippen LogP contribution >= 0.6 is 0 Å². The summed E-state index contributed by atoms with van der Waals surface area (Å²) in [7, 11) is -5.78. The van der Waals surface area contributed by atoms with Crippen molar-refractivity contribution < 1.29 is 26.3 Å². The van der Waals surface area contributed by atoms with Crippen LogP contribution in [-0.2, 0) is 19.7 Å². The van der Waals surface area contributed by atoms with E-state index in [0.29, 0.717) is 11.5 Å². The van der Waals surface area contributed by atoms with Crippen molar-refractivity contribution in [2.75, 3.05) is 7.11 Å². The third kappa shape index (κ3) is 6.44. The molecule has 0 aromatic heterocycles. The van der Waals surface area contributed by atoms with Crippen molar-refractivity contribution in [3.05, 3.63) is 151 Å². The van der Waals surface area contributed by atoms with Crippen LogP contribution < -0.4 is 9.47 Å².